The molecule has 0 saturated heterocycles. The summed E-state index contributed by atoms with van der Waals surface area (Å²) in [5, 5.41) is 2.53. The first-order valence-electron chi connectivity index (χ1n) is 7.62. The van der Waals surface area contributed by atoms with Gasteiger partial charge in [0.15, 0.2) is 0 Å². The number of aromatic nitrogens is 1. The van der Waals surface area contributed by atoms with Crippen LogP contribution in [0.3, 0.4) is 0 Å². The summed E-state index contributed by atoms with van der Waals surface area (Å²) in [7, 11) is -3.75. The lowest BCUT2D eigenvalue weighted by Crippen LogP contribution is -2.13. The number of hydrogen-bond acceptors (Lipinski definition) is 4. The fourth-order valence-electron chi connectivity index (χ4n) is 2.20. The van der Waals surface area contributed by atoms with Crippen molar-refractivity contribution in [1.82, 2.24) is 4.98 Å². The topological polar surface area (TPSA) is 71.1 Å². The van der Waals surface area contributed by atoms with Crippen molar-refractivity contribution in [1.29, 1.82) is 0 Å². The van der Waals surface area contributed by atoms with Gasteiger partial charge in [0, 0.05) is 0 Å². The van der Waals surface area contributed by atoms with E-state index in [1.165, 1.54) is 36.5 Å². The summed E-state index contributed by atoms with van der Waals surface area (Å²) in [5.74, 6) is -1.33. The van der Waals surface area contributed by atoms with E-state index in [-0.39, 0.29) is 22.1 Å². The van der Waals surface area contributed by atoms with Crippen LogP contribution in [0.15, 0.2) is 65.7 Å². The minimum absolute atomic E-state index is 0.124. The number of sulfonamides is 1. The van der Waals surface area contributed by atoms with Gasteiger partial charge < -0.3 is 5.32 Å². The largest absolute Gasteiger partial charge is 0.335 e. The third kappa shape index (κ3) is 3.97. The second-order valence-corrected chi connectivity index (χ2v) is 7.25. The third-order valence-corrected chi connectivity index (χ3v) is 4.96. The zero-order valence-corrected chi connectivity index (χ0v) is 14.5. The lowest BCUT2D eigenvalue weighted by molar-refractivity contribution is 0.590. The van der Waals surface area contributed by atoms with Crippen molar-refractivity contribution >= 4 is 27.2 Å². The minimum atomic E-state index is -3.75. The van der Waals surface area contributed by atoms with Crippen LogP contribution >= 0.6 is 0 Å². The monoisotopic (exact) mass is 375 g/mol. The number of para-hydroxylation sites is 1. The van der Waals surface area contributed by atoms with Gasteiger partial charge in [-0.15, -0.1) is 0 Å². The Labute approximate surface area is 149 Å². The highest BCUT2D eigenvalue weighted by atomic mass is 32.2. The zero-order chi connectivity index (χ0) is 18.7. The van der Waals surface area contributed by atoms with Gasteiger partial charge in [-0.2, -0.15) is 0 Å². The van der Waals surface area contributed by atoms with E-state index in [0.717, 1.165) is 17.7 Å². The second-order valence-electron chi connectivity index (χ2n) is 5.57. The molecule has 1 heterocycles. The highest BCUT2D eigenvalue weighted by Gasteiger charge is 2.14. The molecular weight excluding hydrogens is 360 g/mol. The van der Waals surface area contributed by atoms with Gasteiger partial charge in [0.05, 0.1) is 16.8 Å². The summed E-state index contributed by atoms with van der Waals surface area (Å²) in [5.41, 5.74) is 0.847. The van der Waals surface area contributed by atoms with E-state index in [1.54, 1.807) is 12.1 Å². The highest BCUT2D eigenvalue weighted by Crippen LogP contribution is 2.23. The summed E-state index contributed by atoms with van der Waals surface area (Å²) in [6, 6.07) is 12.8. The fraction of sp³-hybridized carbons (Fsp3) is 0.0556. The smallest absolute Gasteiger partial charge is 0.261 e. The van der Waals surface area contributed by atoms with Gasteiger partial charge in [0.25, 0.3) is 10.0 Å². The minimum Gasteiger partial charge on any atom is -0.335 e. The van der Waals surface area contributed by atoms with E-state index in [4.69, 9.17) is 0 Å². The Balaban J connectivity index is 1.76. The number of rotatable bonds is 5. The molecule has 8 heteroatoms. The van der Waals surface area contributed by atoms with E-state index < -0.39 is 21.7 Å². The quantitative estimate of drug-likeness (QED) is 0.701. The number of nitrogens with one attached hydrogen (secondary N) is 2. The molecule has 2 aromatic carbocycles. The fourth-order valence-corrected chi connectivity index (χ4v) is 3.25. The molecule has 0 bridgehead atoms. The van der Waals surface area contributed by atoms with Crippen LogP contribution < -0.4 is 10.0 Å². The molecule has 5 nitrogen and oxygen atoms in total. The maximum absolute atomic E-state index is 13.6. The Bertz CT molecular complexity index is 1000. The maximum atomic E-state index is 13.6. The number of benzene rings is 2. The van der Waals surface area contributed by atoms with E-state index >= 15 is 0 Å². The summed E-state index contributed by atoms with van der Waals surface area (Å²) in [6.45, 7) is 1.86. The van der Waals surface area contributed by atoms with E-state index in [9.17, 15) is 17.2 Å². The van der Waals surface area contributed by atoms with E-state index in [2.05, 4.69) is 15.0 Å². The lowest BCUT2D eigenvalue weighted by atomic mass is 10.2. The van der Waals surface area contributed by atoms with Gasteiger partial charge in [0.1, 0.15) is 23.1 Å². The number of anilines is 3. The van der Waals surface area contributed by atoms with Gasteiger partial charge in [-0.05, 0) is 43.3 Å². The summed E-state index contributed by atoms with van der Waals surface area (Å²) >= 11 is 0. The Kier molecular flexibility index (Phi) is 4.85. The summed E-state index contributed by atoms with van der Waals surface area (Å²) in [6.07, 6.45) is 1.26. The van der Waals surface area contributed by atoms with Crippen LogP contribution in [-0.4, -0.2) is 13.4 Å². The first-order valence-corrected chi connectivity index (χ1v) is 9.10. The molecule has 3 aromatic rings. The van der Waals surface area contributed by atoms with Crippen molar-refractivity contribution in [2.75, 3.05) is 10.0 Å². The van der Waals surface area contributed by atoms with Crippen LogP contribution in [0.1, 0.15) is 5.56 Å². The van der Waals surface area contributed by atoms with Gasteiger partial charge in [-0.1, -0.05) is 23.8 Å². The number of halogens is 2. The van der Waals surface area contributed by atoms with Crippen LogP contribution in [0.25, 0.3) is 0 Å². The molecule has 0 unspecified atom stereocenters. The maximum Gasteiger partial charge on any atom is 0.261 e. The van der Waals surface area contributed by atoms with E-state index in [0.29, 0.717) is 0 Å². The van der Waals surface area contributed by atoms with E-state index in [1.807, 2.05) is 6.92 Å². The molecule has 1 aromatic heterocycles. The Morgan fingerprint density at radius 1 is 0.923 bits per heavy atom. The van der Waals surface area contributed by atoms with Crippen LogP contribution in [0, 0.1) is 18.6 Å². The van der Waals surface area contributed by atoms with Crippen LogP contribution in [0.2, 0.25) is 0 Å². The molecule has 26 heavy (non-hydrogen) atoms. The second kappa shape index (κ2) is 7.09. The van der Waals surface area contributed by atoms with Crippen molar-refractivity contribution in [3.8, 4) is 0 Å². The molecule has 0 aliphatic carbocycles. The molecule has 0 radical (unpaired) electrons. The molecular formula is C18H15F2N3O2S. The number of nitrogens with zero attached hydrogens (tertiary/aromatic N) is 1. The average molecular weight is 375 g/mol. The molecule has 0 aliphatic heterocycles. The standard InChI is InChI=1S/C18H15F2N3O2S/c1-12-5-8-14(9-6-12)26(24,25)23-13-7-10-17(21-11-13)22-18-15(19)3-2-4-16(18)20/h2-11,23H,1H3,(H,21,22). The Hall–Kier alpha value is -3.00. The molecule has 0 saturated carbocycles. The van der Waals surface area contributed by atoms with Gasteiger partial charge in [-0.25, -0.2) is 22.2 Å². The molecule has 0 fully saturated rings. The van der Waals surface area contributed by atoms with Crippen LogP contribution in [0.4, 0.5) is 26.0 Å². The number of aryl methyl sites for hydroxylation is 1. The molecule has 3 rings (SSSR count). The molecule has 134 valence electrons. The Morgan fingerprint density at radius 3 is 2.15 bits per heavy atom. The van der Waals surface area contributed by atoms with Crippen molar-refractivity contribution in [2.24, 2.45) is 0 Å². The van der Waals surface area contributed by atoms with Crippen molar-refractivity contribution in [3.63, 3.8) is 0 Å². The highest BCUT2D eigenvalue weighted by molar-refractivity contribution is 7.92. The molecule has 2 N–H and O–H groups in total. The van der Waals surface area contributed by atoms with Crippen molar-refractivity contribution in [3.05, 3.63) is 78.0 Å². The molecule has 0 spiro atoms. The van der Waals surface area contributed by atoms with Crippen LogP contribution in [-0.2, 0) is 10.0 Å². The normalized spacial score (nSPS) is 11.2. The van der Waals surface area contributed by atoms with Crippen LogP contribution in [0.5, 0.6) is 0 Å². The zero-order valence-electron chi connectivity index (χ0n) is 13.7. The van der Waals surface area contributed by atoms with Crippen molar-refractivity contribution in [2.45, 2.75) is 11.8 Å². The van der Waals surface area contributed by atoms with Crippen molar-refractivity contribution < 1.29 is 17.2 Å². The summed E-state index contributed by atoms with van der Waals surface area (Å²) in [4.78, 5) is 4.10. The van der Waals surface area contributed by atoms with Gasteiger partial charge in [-0.3, -0.25) is 4.72 Å². The molecule has 0 amide bonds. The first kappa shape index (κ1) is 17.8. The predicted octanol–water partition coefficient (Wildman–Crippen LogP) is 4.21. The van der Waals surface area contributed by atoms with Gasteiger partial charge in [0.2, 0.25) is 0 Å². The number of pyridine rings is 1. The predicted molar refractivity (Wildman–Crippen MR) is 95.9 cm³/mol. The SMILES string of the molecule is Cc1ccc(S(=O)(=O)Nc2ccc(Nc3c(F)cccc3F)nc2)cc1. The first-order chi connectivity index (χ1) is 12.3. The molecule has 0 atom stereocenters. The lowest BCUT2D eigenvalue weighted by Gasteiger charge is -2.10. The molecule has 0 aliphatic rings. The third-order valence-electron chi connectivity index (χ3n) is 3.56. The summed E-state index contributed by atoms with van der Waals surface area (Å²) < 4.78 is 54.3. The average Bonchev–Trinajstić information content (AvgIpc) is 2.60. The number of hydrogen-bond donors (Lipinski definition) is 2. The van der Waals surface area contributed by atoms with Gasteiger partial charge >= 0.3 is 0 Å². The Morgan fingerprint density at radius 2 is 1.58 bits per heavy atom.